The Bertz CT molecular complexity index is 551. The third kappa shape index (κ3) is 2.72. The van der Waals surface area contributed by atoms with Gasteiger partial charge in [0, 0.05) is 12.2 Å². The highest BCUT2D eigenvalue weighted by molar-refractivity contribution is 6.32. The smallest absolute Gasteiger partial charge is 0.260 e. The number of rotatable bonds is 4. The first-order valence-corrected chi connectivity index (χ1v) is 5.87. The number of nitrogens with one attached hydrogen (secondary N) is 2. The number of anilines is 1. The molecule has 0 atom stereocenters. The van der Waals surface area contributed by atoms with Crippen molar-refractivity contribution in [3.63, 3.8) is 0 Å². The SMILES string of the molecule is CNCc1ccccc1NC(=O)c1ccoc1Cl. The molecule has 0 fully saturated rings. The van der Waals surface area contributed by atoms with Crippen molar-refractivity contribution in [2.24, 2.45) is 0 Å². The van der Waals surface area contributed by atoms with Crippen LogP contribution in [0.25, 0.3) is 0 Å². The Balaban J connectivity index is 2.19. The van der Waals surface area contributed by atoms with Gasteiger partial charge in [0.2, 0.25) is 5.22 Å². The van der Waals surface area contributed by atoms with Crippen molar-refractivity contribution >= 4 is 23.2 Å². The van der Waals surface area contributed by atoms with E-state index in [4.69, 9.17) is 16.0 Å². The summed E-state index contributed by atoms with van der Waals surface area (Å²) in [6, 6.07) is 9.12. The van der Waals surface area contributed by atoms with E-state index in [1.807, 2.05) is 31.3 Å². The van der Waals surface area contributed by atoms with Gasteiger partial charge in [-0.25, -0.2) is 0 Å². The van der Waals surface area contributed by atoms with E-state index in [1.165, 1.54) is 6.26 Å². The quantitative estimate of drug-likeness (QED) is 0.893. The van der Waals surface area contributed by atoms with Crippen LogP contribution in [-0.2, 0) is 6.54 Å². The molecule has 1 aromatic carbocycles. The lowest BCUT2D eigenvalue weighted by atomic mass is 10.1. The van der Waals surface area contributed by atoms with E-state index >= 15 is 0 Å². The zero-order chi connectivity index (χ0) is 13.0. The predicted molar refractivity (Wildman–Crippen MR) is 70.9 cm³/mol. The number of benzene rings is 1. The summed E-state index contributed by atoms with van der Waals surface area (Å²) < 4.78 is 4.89. The van der Waals surface area contributed by atoms with Crippen molar-refractivity contribution in [1.82, 2.24) is 5.32 Å². The second-order valence-corrected chi connectivity index (χ2v) is 4.09. The number of carbonyl (C=O) groups excluding carboxylic acids is 1. The second-order valence-electron chi connectivity index (χ2n) is 3.75. The lowest BCUT2D eigenvalue weighted by Crippen LogP contribution is -2.15. The van der Waals surface area contributed by atoms with Gasteiger partial charge in [-0.2, -0.15) is 0 Å². The van der Waals surface area contributed by atoms with Gasteiger partial charge in [-0.1, -0.05) is 18.2 Å². The van der Waals surface area contributed by atoms with Crippen LogP contribution in [0.1, 0.15) is 15.9 Å². The molecule has 1 amide bonds. The highest BCUT2D eigenvalue weighted by Gasteiger charge is 2.14. The Morgan fingerprint density at radius 1 is 1.33 bits per heavy atom. The molecule has 1 heterocycles. The molecule has 4 nitrogen and oxygen atoms in total. The van der Waals surface area contributed by atoms with Gasteiger partial charge in [-0.15, -0.1) is 0 Å². The molecule has 94 valence electrons. The normalized spacial score (nSPS) is 10.3. The van der Waals surface area contributed by atoms with Gasteiger partial charge in [-0.05, 0) is 36.3 Å². The molecule has 0 radical (unpaired) electrons. The van der Waals surface area contributed by atoms with Gasteiger partial charge in [0.05, 0.1) is 11.8 Å². The lowest BCUT2D eigenvalue weighted by Gasteiger charge is -2.10. The summed E-state index contributed by atoms with van der Waals surface area (Å²) in [6.45, 7) is 0.676. The Kier molecular flexibility index (Phi) is 4.02. The van der Waals surface area contributed by atoms with Crippen LogP contribution in [0.4, 0.5) is 5.69 Å². The molecule has 0 aliphatic heterocycles. The van der Waals surface area contributed by atoms with Gasteiger partial charge in [0.25, 0.3) is 5.91 Å². The molecule has 0 aliphatic rings. The summed E-state index contributed by atoms with van der Waals surface area (Å²) in [5, 5.41) is 5.96. The molecule has 1 aromatic heterocycles. The Labute approximate surface area is 110 Å². The maximum absolute atomic E-state index is 12.0. The second kappa shape index (κ2) is 5.71. The molecule has 2 rings (SSSR count). The topological polar surface area (TPSA) is 54.3 Å². The standard InChI is InChI=1S/C13H13ClN2O2/c1-15-8-9-4-2-3-5-11(9)16-13(17)10-6-7-18-12(10)14/h2-7,15H,8H2,1H3,(H,16,17). The van der Waals surface area contributed by atoms with Crippen LogP contribution < -0.4 is 10.6 Å². The molecular formula is C13H13ClN2O2. The molecular weight excluding hydrogens is 252 g/mol. The molecule has 5 heteroatoms. The minimum absolute atomic E-state index is 0.0959. The third-order valence-corrected chi connectivity index (χ3v) is 2.79. The first-order chi connectivity index (χ1) is 8.72. The maximum atomic E-state index is 12.0. The number of furan rings is 1. The lowest BCUT2D eigenvalue weighted by molar-refractivity contribution is 0.102. The van der Waals surface area contributed by atoms with Crippen LogP contribution in [0.3, 0.4) is 0 Å². The molecule has 2 aromatic rings. The number of hydrogen-bond acceptors (Lipinski definition) is 3. The molecule has 2 N–H and O–H groups in total. The summed E-state index contributed by atoms with van der Waals surface area (Å²) in [7, 11) is 1.85. The van der Waals surface area contributed by atoms with Gasteiger partial charge >= 0.3 is 0 Å². The number of hydrogen-bond donors (Lipinski definition) is 2. The maximum Gasteiger partial charge on any atom is 0.260 e. The molecule has 0 aliphatic carbocycles. The summed E-state index contributed by atoms with van der Waals surface area (Å²) >= 11 is 5.76. The average molecular weight is 265 g/mol. The zero-order valence-corrected chi connectivity index (χ0v) is 10.6. The average Bonchev–Trinajstić information content (AvgIpc) is 2.78. The number of amides is 1. The van der Waals surface area contributed by atoms with Crippen LogP contribution in [-0.4, -0.2) is 13.0 Å². The van der Waals surface area contributed by atoms with E-state index in [2.05, 4.69) is 10.6 Å². The minimum atomic E-state index is -0.280. The summed E-state index contributed by atoms with van der Waals surface area (Å²) in [4.78, 5) is 12.0. The van der Waals surface area contributed by atoms with Gasteiger partial charge in [0.15, 0.2) is 0 Å². The molecule has 0 bridgehead atoms. The molecule has 0 saturated carbocycles. The highest BCUT2D eigenvalue weighted by Crippen LogP contribution is 2.20. The van der Waals surface area contributed by atoms with Crippen molar-refractivity contribution in [3.8, 4) is 0 Å². The zero-order valence-electron chi connectivity index (χ0n) is 9.87. The first-order valence-electron chi connectivity index (χ1n) is 5.49. The van der Waals surface area contributed by atoms with Crippen LogP contribution in [0.15, 0.2) is 41.0 Å². The van der Waals surface area contributed by atoms with E-state index in [-0.39, 0.29) is 11.1 Å². The van der Waals surface area contributed by atoms with E-state index < -0.39 is 0 Å². The van der Waals surface area contributed by atoms with Gasteiger partial charge in [0.1, 0.15) is 0 Å². The molecule has 0 unspecified atom stereocenters. The van der Waals surface area contributed by atoms with Crippen molar-refractivity contribution < 1.29 is 9.21 Å². The number of carbonyl (C=O) groups is 1. The minimum Gasteiger partial charge on any atom is -0.452 e. The predicted octanol–water partition coefficient (Wildman–Crippen LogP) is 2.90. The van der Waals surface area contributed by atoms with E-state index in [0.717, 1.165) is 11.3 Å². The van der Waals surface area contributed by atoms with Crippen molar-refractivity contribution in [2.45, 2.75) is 6.54 Å². The van der Waals surface area contributed by atoms with Crippen molar-refractivity contribution in [3.05, 3.63) is 52.9 Å². The van der Waals surface area contributed by atoms with Crippen molar-refractivity contribution in [2.75, 3.05) is 12.4 Å². The van der Waals surface area contributed by atoms with E-state index in [1.54, 1.807) is 6.07 Å². The van der Waals surface area contributed by atoms with Crippen molar-refractivity contribution in [1.29, 1.82) is 0 Å². The van der Waals surface area contributed by atoms with E-state index in [0.29, 0.717) is 12.1 Å². The summed E-state index contributed by atoms with van der Waals surface area (Å²) in [5.74, 6) is -0.280. The highest BCUT2D eigenvalue weighted by atomic mass is 35.5. The summed E-state index contributed by atoms with van der Waals surface area (Å²) in [6.07, 6.45) is 1.39. The Morgan fingerprint density at radius 2 is 2.11 bits per heavy atom. The fraction of sp³-hybridized carbons (Fsp3) is 0.154. The Hall–Kier alpha value is -1.78. The van der Waals surface area contributed by atoms with Crippen LogP contribution in [0, 0.1) is 0 Å². The first kappa shape index (κ1) is 12.7. The summed E-state index contributed by atoms with van der Waals surface area (Å²) in [5.41, 5.74) is 2.10. The Morgan fingerprint density at radius 3 is 2.78 bits per heavy atom. The van der Waals surface area contributed by atoms with Crippen LogP contribution in [0.5, 0.6) is 0 Å². The molecule has 0 spiro atoms. The monoisotopic (exact) mass is 264 g/mol. The van der Waals surface area contributed by atoms with Crippen LogP contribution >= 0.6 is 11.6 Å². The fourth-order valence-electron chi connectivity index (χ4n) is 1.63. The van der Waals surface area contributed by atoms with Gasteiger partial charge in [-0.3, -0.25) is 4.79 Å². The number of halogens is 1. The number of para-hydroxylation sites is 1. The largest absolute Gasteiger partial charge is 0.452 e. The molecule has 18 heavy (non-hydrogen) atoms. The molecule has 0 saturated heterocycles. The van der Waals surface area contributed by atoms with Crippen LogP contribution in [0.2, 0.25) is 5.22 Å². The van der Waals surface area contributed by atoms with Gasteiger partial charge < -0.3 is 15.1 Å². The van der Waals surface area contributed by atoms with E-state index in [9.17, 15) is 4.79 Å². The fourth-order valence-corrected chi connectivity index (χ4v) is 1.83. The third-order valence-electron chi connectivity index (χ3n) is 2.50.